The van der Waals surface area contributed by atoms with Gasteiger partial charge in [0.1, 0.15) is 24.7 Å². The smallest absolute Gasteiger partial charge is 0.409 e. The van der Waals surface area contributed by atoms with Crippen molar-refractivity contribution < 1.29 is 38.8 Å². The number of ether oxygens (including phenoxy) is 4. The zero-order chi connectivity index (χ0) is 24.5. The fourth-order valence-corrected chi connectivity index (χ4v) is 4.10. The molecule has 1 aromatic rings. The van der Waals surface area contributed by atoms with Gasteiger partial charge in [-0.15, -0.1) is 10.1 Å². The third-order valence-electron chi connectivity index (χ3n) is 5.76. The van der Waals surface area contributed by atoms with Gasteiger partial charge in [0, 0.05) is 20.3 Å². The second-order valence-corrected chi connectivity index (χ2v) is 8.36. The number of piperidine rings is 1. The molecule has 2 unspecified atom stereocenters. The van der Waals surface area contributed by atoms with E-state index in [2.05, 4.69) is 9.74 Å². The fraction of sp³-hybridized carbons (Fsp3) is 0.682. The van der Waals surface area contributed by atoms with Crippen molar-refractivity contribution in [3.05, 3.63) is 33.9 Å². The molecule has 0 aliphatic carbocycles. The minimum atomic E-state index is -1.10. The predicted molar refractivity (Wildman–Crippen MR) is 120 cm³/mol. The van der Waals surface area contributed by atoms with E-state index in [1.807, 2.05) is 18.2 Å². The van der Waals surface area contributed by atoms with E-state index in [0.29, 0.717) is 26.1 Å². The first-order valence-electron chi connectivity index (χ1n) is 11.4. The average molecular weight is 484 g/mol. The number of methoxy groups -OCH3 is 1. The molecule has 1 fully saturated rings. The summed E-state index contributed by atoms with van der Waals surface area (Å²) in [5.41, 5.74) is 1.93. The largest absolute Gasteiger partial charge is 0.490 e. The Hall–Kier alpha value is -2.83. The predicted octanol–water partition coefficient (Wildman–Crippen LogP) is 2.52. The molecule has 1 saturated heterocycles. The number of nitrogens with zero attached hydrogens (tertiary/aromatic N) is 3. The molecule has 1 N–H and O–H groups in total. The van der Waals surface area contributed by atoms with Crippen molar-refractivity contribution in [3.8, 4) is 5.75 Å². The first-order valence-corrected chi connectivity index (χ1v) is 11.4. The zero-order valence-corrected chi connectivity index (χ0v) is 19.6. The number of carboxylic acid groups (broad SMARTS) is 1. The van der Waals surface area contributed by atoms with Crippen LogP contribution < -0.4 is 9.64 Å². The third kappa shape index (κ3) is 7.34. The van der Waals surface area contributed by atoms with Gasteiger partial charge in [-0.25, -0.2) is 4.79 Å². The molecule has 12 nitrogen and oxygen atoms in total. The van der Waals surface area contributed by atoms with Gasteiger partial charge >= 0.3 is 6.09 Å². The molecule has 12 heteroatoms. The summed E-state index contributed by atoms with van der Waals surface area (Å²) in [5, 5.41) is 19.2. The van der Waals surface area contributed by atoms with Crippen LogP contribution in [0.3, 0.4) is 0 Å². The number of carbonyl (C=O) groups is 1. The number of fused-ring (bicyclic) bond motifs is 1. The number of hydrogen-bond donors (Lipinski definition) is 1. The van der Waals surface area contributed by atoms with Crippen LogP contribution in [0.25, 0.3) is 0 Å². The molecule has 0 radical (unpaired) electrons. The van der Waals surface area contributed by atoms with Crippen molar-refractivity contribution in [2.45, 2.75) is 51.2 Å². The van der Waals surface area contributed by atoms with Crippen LogP contribution in [-0.2, 0) is 25.7 Å². The van der Waals surface area contributed by atoms with Crippen LogP contribution in [0.15, 0.2) is 18.2 Å². The summed E-state index contributed by atoms with van der Waals surface area (Å²) in [5.74, 6) is 0.826. The summed E-state index contributed by atoms with van der Waals surface area (Å²) in [7, 11) is 1.69. The molecule has 2 aliphatic rings. The average Bonchev–Trinajstić information content (AvgIpc) is 2.81. The summed E-state index contributed by atoms with van der Waals surface area (Å²) in [6, 6.07) is 5.87. The molecule has 2 aliphatic heterocycles. The van der Waals surface area contributed by atoms with E-state index >= 15 is 0 Å². The Morgan fingerprint density at radius 1 is 1.35 bits per heavy atom. The van der Waals surface area contributed by atoms with Gasteiger partial charge < -0.3 is 33.8 Å². The van der Waals surface area contributed by atoms with Crippen molar-refractivity contribution in [2.24, 2.45) is 0 Å². The second kappa shape index (κ2) is 12.6. The molecule has 0 bridgehead atoms. The van der Waals surface area contributed by atoms with Crippen molar-refractivity contribution >= 4 is 11.8 Å². The number of hydrogen-bond acceptors (Lipinski definition) is 9. The molecule has 0 spiro atoms. The lowest BCUT2D eigenvalue weighted by atomic mass is 10.1. The zero-order valence-electron chi connectivity index (χ0n) is 19.6. The van der Waals surface area contributed by atoms with Gasteiger partial charge in [-0.3, -0.25) is 4.90 Å². The van der Waals surface area contributed by atoms with Crippen LogP contribution in [0.2, 0.25) is 0 Å². The van der Waals surface area contributed by atoms with Crippen molar-refractivity contribution in [1.29, 1.82) is 0 Å². The second-order valence-electron chi connectivity index (χ2n) is 8.36. The van der Waals surface area contributed by atoms with Crippen LogP contribution in [0.4, 0.5) is 10.5 Å². The van der Waals surface area contributed by atoms with E-state index in [1.165, 1.54) is 11.8 Å². The van der Waals surface area contributed by atoms with Crippen LogP contribution in [0.5, 0.6) is 5.75 Å². The Morgan fingerprint density at radius 2 is 2.18 bits per heavy atom. The third-order valence-corrected chi connectivity index (χ3v) is 5.76. The van der Waals surface area contributed by atoms with Gasteiger partial charge in [0.25, 0.3) is 5.09 Å². The molecule has 1 amide bonds. The highest BCUT2D eigenvalue weighted by atomic mass is 17.0. The van der Waals surface area contributed by atoms with E-state index in [4.69, 9.17) is 18.9 Å². The Balaban J connectivity index is 1.55. The van der Waals surface area contributed by atoms with Crippen LogP contribution in [-0.4, -0.2) is 86.2 Å². The molecule has 2 heterocycles. The van der Waals surface area contributed by atoms with E-state index in [0.717, 1.165) is 36.5 Å². The molecule has 0 aromatic heterocycles. The highest BCUT2D eigenvalue weighted by molar-refractivity contribution is 5.65. The van der Waals surface area contributed by atoms with E-state index in [-0.39, 0.29) is 25.9 Å². The van der Waals surface area contributed by atoms with E-state index in [1.54, 1.807) is 7.11 Å². The molecule has 190 valence electrons. The lowest BCUT2D eigenvalue weighted by Crippen LogP contribution is -2.50. The molecular weight excluding hydrogens is 450 g/mol. The summed E-state index contributed by atoms with van der Waals surface area (Å²) < 4.78 is 22.6. The normalized spacial score (nSPS) is 20.9. The van der Waals surface area contributed by atoms with Gasteiger partial charge in [-0.05, 0) is 43.9 Å². The summed E-state index contributed by atoms with van der Waals surface area (Å²) in [6.07, 6.45) is -0.874. The van der Waals surface area contributed by atoms with Gasteiger partial charge in [-0.1, -0.05) is 6.07 Å². The number of amides is 1. The van der Waals surface area contributed by atoms with Crippen molar-refractivity contribution in [1.82, 2.24) is 4.90 Å². The first kappa shape index (κ1) is 25.8. The molecule has 3 atom stereocenters. The maximum atomic E-state index is 11.8. The minimum absolute atomic E-state index is 0.00269. The Kier molecular flexibility index (Phi) is 9.54. The summed E-state index contributed by atoms with van der Waals surface area (Å²) >= 11 is 0. The monoisotopic (exact) mass is 483 g/mol. The summed E-state index contributed by atoms with van der Waals surface area (Å²) in [6.45, 7) is 4.88. The van der Waals surface area contributed by atoms with Gasteiger partial charge in [0.05, 0.1) is 38.1 Å². The Bertz CT molecular complexity index is 825. The van der Waals surface area contributed by atoms with Crippen molar-refractivity contribution in [2.75, 3.05) is 51.5 Å². The maximum absolute atomic E-state index is 11.8. The van der Waals surface area contributed by atoms with Crippen LogP contribution in [0.1, 0.15) is 31.7 Å². The van der Waals surface area contributed by atoms with E-state index in [9.17, 15) is 20.0 Å². The number of anilines is 1. The van der Waals surface area contributed by atoms with Crippen molar-refractivity contribution in [3.63, 3.8) is 0 Å². The van der Waals surface area contributed by atoms with Crippen LogP contribution >= 0.6 is 0 Å². The molecule has 34 heavy (non-hydrogen) atoms. The van der Waals surface area contributed by atoms with Crippen LogP contribution in [0, 0.1) is 10.1 Å². The Labute approximate surface area is 198 Å². The van der Waals surface area contributed by atoms with E-state index < -0.39 is 23.5 Å². The number of rotatable bonds is 12. The fourth-order valence-electron chi connectivity index (χ4n) is 4.10. The van der Waals surface area contributed by atoms with Gasteiger partial charge in [0.2, 0.25) is 0 Å². The standard InChI is InChI=1S/C22H33N3O9/c1-16(34-25(28)29)14-32-18-5-7-21(24(13-18)22(26)27)33-15-17-4-6-20-19(12-17)23(9-11-31-20)8-3-10-30-2/h4,6,12,16,18,21H,3,5,7-11,13-15H2,1-2H3,(H,26,27)/t16-,18?,21?/m0/s1. The maximum Gasteiger partial charge on any atom is 0.409 e. The Morgan fingerprint density at radius 3 is 2.91 bits per heavy atom. The highest BCUT2D eigenvalue weighted by Gasteiger charge is 2.33. The molecular formula is C22H33N3O9. The summed E-state index contributed by atoms with van der Waals surface area (Å²) in [4.78, 5) is 30.1. The topological polar surface area (TPSA) is 133 Å². The van der Waals surface area contributed by atoms with Gasteiger partial charge in [0.15, 0.2) is 0 Å². The molecule has 0 saturated carbocycles. The number of benzene rings is 1. The minimum Gasteiger partial charge on any atom is -0.490 e. The quantitative estimate of drug-likeness (QED) is 0.268. The van der Waals surface area contributed by atoms with Gasteiger partial charge in [-0.2, -0.15) is 0 Å². The number of likely N-dealkylation sites (tertiary alicyclic amines) is 1. The molecule has 1 aromatic carbocycles. The lowest BCUT2D eigenvalue weighted by Gasteiger charge is -2.37. The lowest BCUT2D eigenvalue weighted by molar-refractivity contribution is -0.768. The highest BCUT2D eigenvalue weighted by Crippen LogP contribution is 2.33. The first-order chi connectivity index (χ1) is 16.4. The molecule has 3 rings (SSSR count). The SMILES string of the molecule is COCCCN1CCOc2ccc(COC3CCC(OC[C@H](C)O[N+](=O)[O-])CN3C(=O)O)cc21.